The van der Waals surface area contributed by atoms with Gasteiger partial charge in [-0.05, 0) is 73.9 Å². The highest BCUT2D eigenvalue weighted by Gasteiger charge is 2.29. The van der Waals surface area contributed by atoms with Gasteiger partial charge in [-0.3, -0.25) is 9.69 Å². The Hall–Kier alpha value is -3.09. The van der Waals surface area contributed by atoms with Crippen LogP contribution in [0.4, 0.5) is 5.69 Å². The van der Waals surface area contributed by atoms with Gasteiger partial charge in [-0.2, -0.15) is 8.61 Å². The molecule has 2 fully saturated rings. The van der Waals surface area contributed by atoms with E-state index < -0.39 is 20.0 Å². The first-order valence-electron chi connectivity index (χ1n) is 14.4. The van der Waals surface area contributed by atoms with Crippen molar-refractivity contribution in [1.29, 1.82) is 0 Å². The van der Waals surface area contributed by atoms with E-state index >= 15 is 0 Å². The number of hydrogen-bond acceptors (Lipinski definition) is 6. The third-order valence-electron chi connectivity index (χ3n) is 7.90. The molecule has 5 rings (SSSR count). The molecule has 11 heteroatoms. The van der Waals surface area contributed by atoms with Gasteiger partial charge in [0.2, 0.25) is 20.0 Å². The number of nitrogens with zero attached hydrogens (tertiary/aromatic N) is 3. The number of amides is 1. The van der Waals surface area contributed by atoms with Crippen LogP contribution in [0.5, 0.6) is 0 Å². The summed E-state index contributed by atoms with van der Waals surface area (Å²) in [6, 6.07) is 20.6. The Kier molecular flexibility index (Phi) is 9.44. The molecule has 0 spiro atoms. The first-order chi connectivity index (χ1) is 20.1. The maximum atomic E-state index is 13.0. The molecule has 1 amide bonds. The zero-order valence-electron chi connectivity index (χ0n) is 23.9. The van der Waals surface area contributed by atoms with Gasteiger partial charge >= 0.3 is 0 Å². The molecule has 0 radical (unpaired) electrons. The molecule has 3 aromatic rings. The molecule has 0 saturated carbocycles. The molecule has 3 aromatic carbocycles. The molecule has 0 atom stereocenters. The number of carbonyl (C=O) groups excluding carboxylic acids is 1. The molecule has 0 aromatic heterocycles. The largest absolute Gasteiger partial charge is 0.322 e. The van der Waals surface area contributed by atoms with E-state index in [-0.39, 0.29) is 10.8 Å². The van der Waals surface area contributed by atoms with E-state index in [0.29, 0.717) is 62.0 Å². The number of carbonyl (C=O) groups is 1. The standard InChI is InChI=1S/C31H38N4O5S2/c1-25-9-13-29(14-10-25)42(39,40)35-21-19-33(20-22-35)24-26-7-6-8-27(23-26)31(36)32-28-11-15-30(16-12-28)41(37,38)34-17-4-2-3-5-18-34/h6-16,23H,2-5,17-22,24H2,1H3,(H,32,36). The highest BCUT2D eigenvalue weighted by atomic mass is 32.2. The van der Waals surface area contributed by atoms with Crippen molar-refractivity contribution in [1.82, 2.24) is 13.5 Å². The third kappa shape index (κ3) is 7.09. The Morgan fingerprint density at radius 2 is 1.24 bits per heavy atom. The molecular formula is C31H38N4O5S2. The average molecular weight is 611 g/mol. The van der Waals surface area contributed by atoms with Crippen LogP contribution in [0.2, 0.25) is 0 Å². The molecule has 2 aliphatic rings. The highest BCUT2D eigenvalue weighted by molar-refractivity contribution is 7.89. The van der Waals surface area contributed by atoms with Crippen molar-refractivity contribution in [3.05, 3.63) is 89.5 Å². The van der Waals surface area contributed by atoms with Crippen LogP contribution in [0.1, 0.15) is 47.2 Å². The van der Waals surface area contributed by atoms with Crippen molar-refractivity contribution < 1.29 is 21.6 Å². The Bertz CT molecular complexity index is 1590. The number of aryl methyl sites for hydroxylation is 1. The van der Waals surface area contributed by atoms with E-state index in [1.165, 1.54) is 4.31 Å². The fraction of sp³-hybridized carbons (Fsp3) is 0.387. The molecule has 224 valence electrons. The van der Waals surface area contributed by atoms with Crippen LogP contribution < -0.4 is 5.32 Å². The molecule has 2 aliphatic heterocycles. The minimum Gasteiger partial charge on any atom is -0.322 e. The zero-order valence-corrected chi connectivity index (χ0v) is 25.5. The van der Waals surface area contributed by atoms with Gasteiger partial charge in [0, 0.05) is 57.1 Å². The van der Waals surface area contributed by atoms with Gasteiger partial charge in [0.25, 0.3) is 5.91 Å². The third-order valence-corrected chi connectivity index (χ3v) is 11.7. The summed E-state index contributed by atoms with van der Waals surface area (Å²) in [5.41, 5.74) is 2.98. The van der Waals surface area contributed by atoms with E-state index in [0.717, 1.165) is 36.8 Å². The van der Waals surface area contributed by atoms with Crippen molar-refractivity contribution in [2.75, 3.05) is 44.6 Å². The molecular weight excluding hydrogens is 572 g/mol. The maximum Gasteiger partial charge on any atom is 0.255 e. The first kappa shape index (κ1) is 30.4. The molecule has 2 heterocycles. The summed E-state index contributed by atoms with van der Waals surface area (Å²) < 4.78 is 55.2. The fourth-order valence-corrected chi connectivity index (χ4v) is 8.34. The molecule has 2 saturated heterocycles. The van der Waals surface area contributed by atoms with Crippen molar-refractivity contribution in [3.63, 3.8) is 0 Å². The molecule has 42 heavy (non-hydrogen) atoms. The predicted molar refractivity (Wildman–Crippen MR) is 163 cm³/mol. The second-order valence-electron chi connectivity index (χ2n) is 11.0. The van der Waals surface area contributed by atoms with Gasteiger partial charge in [0.15, 0.2) is 0 Å². The lowest BCUT2D eigenvalue weighted by Gasteiger charge is -2.34. The number of anilines is 1. The van der Waals surface area contributed by atoms with Crippen LogP contribution in [0.15, 0.2) is 82.6 Å². The van der Waals surface area contributed by atoms with Gasteiger partial charge in [0.05, 0.1) is 9.79 Å². The highest BCUT2D eigenvalue weighted by Crippen LogP contribution is 2.23. The molecule has 0 aliphatic carbocycles. The van der Waals surface area contributed by atoms with Gasteiger partial charge in [0.1, 0.15) is 0 Å². The maximum absolute atomic E-state index is 13.0. The van der Waals surface area contributed by atoms with E-state index in [1.54, 1.807) is 46.8 Å². The molecule has 0 bridgehead atoms. The summed E-state index contributed by atoms with van der Waals surface area (Å²) >= 11 is 0. The van der Waals surface area contributed by atoms with E-state index in [1.807, 2.05) is 37.3 Å². The summed E-state index contributed by atoms with van der Waals surface area (Å²) in [7, 11) is -7.07. The Labute approximate surface area is 249 Å². The lowest BCUT2D eigenvalue weighted by atomic mass is 10.1. The molecule has 9 nitrogen and oxygen atoms in total. The monoisotopic (exact) mass is 610 g/mol. The van der Waals surface area contributed by atoms with Crippen LogP contribution in [0, 0.1) is 6.92 Å². The van der Waals surface area contributed by atoms with Crippen molar-refractivity contribution >= 4 is 31.6 Å². The average Bonchev–Trinajstić information content (AvgIpc) is 3.29. The molecule has 0 unspecified atom stereocenters. The SMILES string of the molecule is Cc1ccc(S(=O)(=O)N2CCN(Cc3cccc(C(=O)Nc4ccc(S(=O)(=O)N5CCCCCC5)cc4)c3)CC2)cc1. The zero-order chi connectivity index (χ0) is 29.7. The normalized spacial score (nSPS) is 17.9. The predicted octanol–water partition coefficient (Wildman–Crippen LogP) is 4.32. The number of benzene rings is 3. The van der Waals surface area contributed by atoms with Crippen molar-refractivity contribution in [3.8, 4) is 0 Å². The number of nitrogens with one attached hydrogen (secondary N) is 1. The van der Waals surface area contributed by atoms with E-state index in [2.05, 4.69) is 10.2 Å². The number of piperazine rings is 1. The Morgan fingerprint density at radius 1 is 0.690 bits per heavy atom. The van der Waals surface area contributed by atoms with E-state index in [9.17, 15) is 21.6 Å². The summed E-state index contributed by atoms with van der Waals surface area (Å²) in [6.07, 6.45) is 3.85. The Morgan fingerprint density at radius 3 is 1.83 bits per heavy atom. The lowest BCUT2D eigenvalue weighted by Crippen LogP contribution is -2.48. The summed E-state index contributed by atoms with van der Waals surface area (Å²) in [4.78, 5) is 15.7. The molecule has 1 N–H and O–H groups in total. The quantitative estimate of drug-likeness (QED) is 0.407. The van der Waals surface area contributed by atoms with Crippen molar-refractivity contribution in [2.24, 2.45) is 0 Å². The lowest BCUT2D eigenvalue weighted by molar-refractivity contribution is 0.102. The van der Waals surface area contributed by atoms with Crippen LogP contribution in [0.25, 0.3) is 0 Å². The van der Waals surface area contributed by atoms with Gasteiger partial charge in [-0.1, -0.05) is 42.7 Å². The number of hydrogen-bond donors (Lipinski definition) is 1. The van der Waals surface area contributed by atoms with Gasteiger partial charge in [-0.15, -0.1) is 0 Å². The summed E-state index contributed by atoms with van der Waals surface area (Å²) in [5.74, 6) is -0.283. The Balaban J connectivity index is 1.16. The number of rotatable bonds is 8. The topological polar surface area (TPSA) is 107 Å². The van der Waals surface area contributed by atoms with E-state index in [4.69, 9.17) is 0 Å². The first-order valence-corrected chi connectivity index (χ1v) is 17.3. The van der Waals surface area contributed by atoms with Crippen LogP contribution in [0.3, 0.4) is 0 Å². The second kappa shape index (κ2) is 13.0. The smallest absolute Gasteiger partial charge is 0.255 e. The van der Waals surface area contributed by atoms with Crippen LogP contribution in [-0.2, 0) is 26.6 Å². The van der Waals surface area contributed by atoms with Gasteiger partial charge in [-0.25, -0.2) is 16.8 Å². The van der Waals surface area contributed by atoms with Crippen LogP contribution >= 0.6 is 0 Å². The summed E-state index contributed by atoms with van der Waals surface area (Å²) in [5, 5.41) is 2.86. The van der Waals surface area contributed by atoms with Gasteiger partial charge < -0.3 is 5.32 Å². The minimum absolute atomic E-state index is 0.233. The van der Waals surface area contributed by atoms with Crippen molar-refractivity contribution in [2.45, 2.75) is 48.9 Å². The van der Waals surface area contributed by atoms with Crippen LogP contribution in [-0.4, -0.2) is 75.5 Å². The fourth-order valence-electron chi connectivity index (χ4n) is 5.40. The number of sulfonamides is 2. The summed E-state index contributed by atoms with van der Waals surface area (Å²) in [6.45, 7) is 5.60. The second-order valence-corrected chi connectivity index (χ2v) is 14.9. The minimum atomic E-state index is -3.55.